The number of carbonyl (C=O) groups excluding carboxylic acids is 1. The zero-order valence-electron chi connectivity index (χ0n) is 11.5. The van der Waals surface area contributed by atoms with Gasteiger partial charge in [0.15, 0.2) is 0 Å². The summed E-state index contributed by atoms with van der Waals surface area (Å²) in [6, 6.07) is 0.380. The van der Waals surface area contributed by atoms with Crippen molar-refractivity contribution in [3.63, 3.8) is 0 Å². The second-order valence-corrected chi connectivity index (χ2v) is 5.72. The van der Waals surface area contributed by atoms with Crippen LogP contribution in [0.2, 0.25) is 0 Å². The standard InChI is InChI=1S/C14H26N2O/c1-4-12(5-2)11(3)16-10-15-14(13(16)17)8-6-7-9-14/h11-12,15H,4-10H2,1-3H3. The third-order valence-corrected chi connectivity index (χ3v) is 4.94. The fraction of sp³-hybridized carbons (Fsp3) is 0.929. The Balaban J connectivity index is 2.06. The second-order valence-electron chi connectivity index (χ2n) is 5.72. The predicted octanol–water partition coefficient (Wildman–Crippen LogP) is 2.51. The number of carbonyl (C=O) groups is 1. The molecule has 0 bridgehead atoms. The van der Waals surface area contributed by atoms with E-state index in [-0.39, 0.29) is 5.54 Å². The summed E-state index contributed by atoms with van der Waals surface area (Å²) >= 11 is 0. The molecular formula is C14H26N2O. The molecule has 1 aliphatic carbocycles. The largest absolute Gasteiger partial charge is 0.325 e. The minimum Gasteiger partial charge on any atom is -0.325 e. The molecule has 17 heavy (non-hydrogen) atoms. The fourth-order valence-electron chi connectivity index (χ4n) is 3.58. The molecule has 2 fully saturated rings. The maximum absolute atomic E-state index is 12.6. The first-order valence-electron chi connectivity index (χ1n) is 7.20. The Bertz CT molecular complexity index is 280. The van der Waals surface area contributed by atoms with Gasteiger partial charge in [-0.1, -0.05) is 39.5 Å². The molecule has 2 aliphatic rings. The molecule has 1 atom stereocenters. The summed E-state index contributed by atoms with van der Waals surface area (Å²) in [4.78, 5) is 14.7. The maximum atomic E-state index is 12.6. The lowest BCUT2D eigenvalue weighted by Gasteiger charge is -2.31. The van der Waals surface area contributed by atoms with Crippen molar-refractivity contribution in [3.05, 3.63) is 0 Å². The van der Waals surface area contributed by atoms with Crippen LogP contribution >= 0.6 is 0 Å². The molecule has 1 amide bonds. The monoisotopic (exact) mass is 238 g/mol. The highest BCUT2D eigenvalue weighted by Crippen LogP contribution is 2.36. The van der Waals surface area contributed by atoms with Crippen LogP contribution in [0.15, 0.2) is 0 Å². The Morgan fingerprint density at radius 2 is 1.88 bits per heavy atom. The van der Waals surface area contributed by atoms with E-state index in [0.717, 1.165) is 32.4 Å². The van der Waals surface area contributed by atoms with Crippen molar-refractivity contribution in [1.82, 2.24) is 10.2 Å². The molecule has 1 saturated carbocycles. The first-order valence-corrected chi connectivity index (χ1v) is 7.20. The molecule has 1 saturated heterocycles. The molecule has 1 N–H and O–H groups in total. The van der Waals surface area contributed by atoms with Crippen LogP contribution in [0.4, 0.5) is 0 Å². The molecule has 1 spiro atoms. The van der Waals surface area contributed by atoms with Crippen molar-refractivity contribution in [3.8, 4) is 0 Å². The highest BCUT2D eigenvalue weighted by Gasteiger charge is 2.49. The molecule has 0 aromatic rings. The highest BCUT2D eigenvalue weighted by atomic mass is 16.2. The summed E-state index contributed by atoms with van der Waals surface area (Å²) in [5, 5.41) is 3.49. The number of hydrogen-bond donors (Lipinski definition) is 1. The smallest absolute Gasteiger partial charge is 0.244 e. The average molecular weight is 238 g/mol. The molecule has 1 heterocycles. The molecule has 1 aliphatic heterocycles. The van der Waals surface area contributed by atoms with Crippen molar-refractivity contribution in [2.45, 2.75) is 70.9 Å². The Kier molecular flexibility index (Phi) is 3.76. The first kappa shape index (κ1) is 12.9. The van der Waals surface area contributed by atoms with Crippen LogP contribution in [0.25, 0.3) is 0 Å². The van der Waals surface area contributed by atoms with Gasteiger partial charge in [-0.25, -0.2) is 0 Å². The van der Waals surface area contributed by atoms with Crippen LogP contribution in [-0.2, 0) is 4.79 Å². The third kappa shape index (κ3) is 2.10. The van der Waals surface area contributed by atoms with Crippen molar-refractivity contribution in [1.29, 1.82) is 0 Å². The summed E-state index contributed by atoms with van der Waals surface area (Å²) in [6.45, 7) is 7.43. The SMILES string of the molecule is CCC(CC)C(C)N1CNC2(CCCC2)C1=O. The van der Waals surface area contributed by atoms with Gasteiger partial charge in [0.05, 0.1) is 12.2 Å². The minimum atomic E-state index is -0.180. The topological polar surface area (TPSA) is 32.3 Å². The third-order valence-electron chi connectivity index (χ3n) is 4.94. The molecule has 0 radical (unpaired) electrons. The van der Waals surface area contributed by atoms with Crippen LogP contribution in [0.5, 0.6) is 0 Å². The molecule has 2 rings (SSSR count). The molecule has 98 valence electrons. The molecule has 1 unspecified atom stereocenters. The van der Waals surface area contributed by atoms with Gasteiger partial charge in [0.25, 0.3) is 0 Å². The van der Waals surface area contributed by atoms with E-state index in [2.05, 4.69) is 31.0 Å². The van der Waals surface area contributed by atoms with Crippen molar-refractivity contribution >= 4 is 5.91 Å². The van der Waals surface area contributed by atoms with E-state index in [0.29, 0.717) is 17.9 Å². The van der Waals surface area contributed by atoms with Crippen LogP contribution in [0.1, 0.15) is 59.3 Å². The van der Waals surface area contributed by atoms with E-state index in [1.807, 2.05) is 0 Å². The van der Waals surface area contributed by atoms with Gasteiger partial charge in [0.1, 0.15) is 0 Å². The number of nitrogens with zero attached hydrogens (tertiary/aromatic N) is 1. The molecule has 0 aromatic carbocycles. The van der Waals surface area contributed by atoms with Crippen molar-refractivity contribution in [2.75, 3.05) is 6.67 Å². The van der Waals surface area contributed by atoms with Crippen LogP contribution < -0.4 is 5.32 Å². The minimum absolute atomic E-state index is 0.180. The normalized spacial score (nSPS) is 25.2. The van der Waals surface area contributed by atoms with Crippen LogP contribution in [-0.4, -0.2) is 29.1 Å². The van der Waals surface area contributed by atoms with Gasteiger partial charge in [-0.05, 0) is 25.7 Å². The van der Waals surface area contributed by atoms with E-state index in [4.69, 9.17) is 0 Å². The van der Waals surface area contributed by atoms with Crippen molar-refractivity contribution in [2.24, 2.45) is 5.92 Å². The van der Waals surface area contributed by atoms with Gasteiger partial charge in [-0.15, -0.1) is 0 Å². The van der Waals surface area contributed by atoms with Crippen molar-refractivity contribution < 1.29 is 4.79 Å². The summed E-state index contributed by atoms with van der Waals surface area (Å²) in [6.07, 6.45) is 6.80. The van der Waals surface area contributed by atoms with E-state index in [9.17, 15) is 4.79 Å². The van der Waals surface area contributed by atoms with Crippen LogP contribution in [0.3, 0.4) is 0 Å². The Morgan fingerprint density at radius 3 is 2.41 bits per heavy atom. The molecular weight excluding hydrogens is 212 g/mol. The molecule has 0 aromatic heterocycles. The van der Waals surface area contributed by atoms with Gasteiger partial charge in [-0.3, -0.25) is 10.1 Å². The lowest BCUT2D eigenvalue weighted by Crippen LogP contribution is -2.46. The first-order chi connectivity index (χ1) is 8.14. The molecule has 3 nitrogen and oxygen atoms in total. The van der Waals surface area contributed by atoms with Crippen LogP contribution in [0, 0.1) is 5.92 Å². The quantitative estimate of drug-likeness (QED) is 0.816. The van der Waals surface area contributed by atoms with Gasteiger partial charge in [0, 0.05) is 6.04 Å². The van der Waals surface area contributed by atoms with Gasteiger partial charge >= 0.3 is 0 Å². The number of hydrogen-bond acceptors (Lipinski definition) is 2. The highest BCUT2D eigenvalue weighted by molar-refractivity contribution is 5.88. The van der Waals surface area contributed by atoms with E-state index in [1.165, 1.54) is 12.8 Å². The van der Waals surface area contributed by atoms with Gasteiger partial charge in [-0.2, -0.15) is 0 Å². The lowest BCUT2D eigenvalue weighted by molar-refractivity contribution is -0.134. The Hall–Kier alpha value is -0.570. The zero-order chi connectivity index (χ0) is 12.5. The van der Waals surface area contributed by atoms with E-state index >= 15 is 0 Å². The Morgan fingerprint density at radius 1 is 1.29 bits per heavy atom. The van der Waals surface area contributed by atoms with E-state index in [1.54, 1.807) is 0 Å². The zero-order valence-corrected chi connectivity index (χ0v) is 11.5. The summed E-state index contributed by atoms with van der Waals surface area (Å²) < 4.78 is 0. The van der Waals surface area contributed by atoms with Gasteiger partial charge in [0.2, 0.25) is 5.91 Å². The summed E-state index contributed by atoms with van der Waals surface area (Å²) in [5.74, 6) is 1.01. The van der Waals surface area contributed by atoms with Gasteiger partial charge < -0.3 is 4.90 Å². The number of amides is 1. The molecule has 3 heteroatoms. The maximum Gasteiger partial charge on any atom is 0.244 e. The Labute approximate surface area is 105 Å². The number of nitrogens with one attached hydrogen (secondary N) is 1. The number of rotatable bonds is 4. The predicted molar refractivity (Wildman–Crippen MR) is 69.6 cm³/mol. The fourth-order valence-corrected chi connectivity index (χ4v) is 3.58. The second kappa shape index (κ2) is 4.97. The summed E-state index contributed by atoms with van der Waals surface area (Å²) in [7, 11) is 0. The average Bonchev–Trinajstić information content (AvgIpc) is 2.91. The summed E-state index contributed by atoms with van der Waals surface area (Å²) in [5.41, 5.74) is -0.180. The lowest BCUT2D eigenvalue weighted by atomic mass is 9.92. The van der Waals surface area contributed by atoms with E-state index < -0.39 is 0 Å².